The fourth-order valence-electron chi connectivity index (χ4n) is 4.36. The summed E-state index contributed by atoms with van der Waals surface area (Å²) in [4.78, 5) is 0. The lowest BCUT2D eigenvalue weighted by Crippen LogP contribution is -2.10. The van der Waals surface area contributed by atoms with Crippen molar-refractivity contribution in [2.45, 2.75) is 26.2 Å². The zero-order valence-corrected chi connectivity index (χ0v) is 18.6. The third-order valence-electron chi connectivity index (χ3n) is 6.02. The molecule has 0 saturated carbocycles. The van der Waals surface area contributed by atoms with Gasteiger partial charge in [-0.1, -0.05) is 51.1 Å². The molecular weight excluding hydrogens is 398 g/mol. The van der Waals surface area contributed by atoms with Gasteiger partial charge in [0.15, 0.2) is 0 Å². The van der Waals surface area contributed by atoms with Crippen molar-refractivity contribution in [1.82, 2.24) is 0 Å². The Kier molecular flexibility index (Phi) is 3.93. The number of hydrogen-bond donors (Lipinski definition) is 1. The third kappa shape index (κ3) is 3.00. The summed E-state index contributed by atoms with van der Waals surface area (Å²) in [6, 6.07) is 28.0. The molecule has 2 aromatic heterocycles. The lowest BCUT2D eigenvalue weighted by molar-refractivity contribution is 0.591. The number of hydrogen-bond acceptors (Lipinski definition) is 3. The van der Waals surface area contributed by atoms with E-state index >= 15 is 0 Å². The number of para-hydroxylation sites is 1. The van der Waals surface area contributed by atoms with E-state index in [4.69, 9.17) is 4.42 Å². The van der Waals surface area contributed by atoms with E-state index in [0.29, 0.717) is 0 Å². The lowest BCUT2D eigenvalue weighted by Gasteiger charge is -2.19. The van der Waals surface area contributed by atoms with Crippen molar-refractivity contribution in [2.24, 2.45) is 0 Å². The standard InChI is InChI=1S/C28H23NOS/c1-28(2,3)17-11-14-25-21(15-17)27-22(8-6-10-26(27)31-25)29-18-12-13-24-20(16-18)19-7-4-5-9-23(19)30-24/h4-16,29H,1-3H3. The van der Waals surface area contributed by atoms with Crippen LogP contribution in [-0.2, 0) is 5.41 Å². The van der Waals surface area contributed by atoms with Gasteiger partial charge >= 0.3 is 0 Å². The summed E-state index contributed by atoms with van der Waals surface area (Å²) in [5.41, 5.74) is 5.54. The highest BCUT2D eigenvalue weighted by molar-refractivity contribution is 7.26. The van der Waals surface area contributed by atoms with Gasteiger partial charge in [0.2, 0.25) is 0 Å². The van der Waals surface area contributed by atoms with E-state index in [-0.39, 0.29) is 5.41 Å². The number of furan rings is 1. The van der Waals surface area contributed by atoms with E-state index in [1.807, 2.05) is 23.5 Å². The van der Waals surface area contributed by atoms with Crippen molar-refractivity contribution in [2.75, 3.05) is 5.32 Å². The van der Waals surface area contributed by atoms with E-state index in [9.17, 15) is 0 Å². The van der Waals surface area contributed by atoms with Crippen LogP contribution in [0, 0.1) is 0 Å². The molecule has 31 heavy (non-hydrogen) atoms. The summed E-state index contributed by atoms with van der Waals surface area (Å²) in [7, 11) is 0. The average molecular weight is 422 g/mol. The van der Waals surface area contributed by atoms with Gasteiger partial charge in [-0.2, -0.15) is 0 Å². The maximum Gasteiger partial charge on any atom is 0.135 e. The molecule has 6 rings (SSSR count). The Balaban J connectivity index is 1.52. The van der Waals surface area contributed by atoms with Crippen molar-refractivity contribution in [3.8, 4) is 0 Å². The summed E-state index contributed by atoms with van der Waals surface area (Å²) >= 11 is 1.86. The summed E-state index contributed by atoms with van der Waals surface area (Å²) in [6.07, 6.45) is 0. The van der Waals surface area contributed by atoms with Crippen LogP contribution in [0.1, 0.15) is 26.3 Å². The molecule has 0 amide bonds. The minimum atomic E-state index is 0.123. The first kappa shape index (κ1) is 18.5. The zero-order chi connectivity index (χ0) is 21.2. The van der Waals surface area contributed by atoms with Gasteiger partial charge in [-0.25, -0.2) is 0 Å². The summed E-state index contributed by atoms with van der Waals surface area (Å²) in [6.45, 7) is 6.81. The van der Waals surface area contributed by atoms with Crippen molar-refractivity contribution in [3.05, 3.63) is 84.4 Å². The van der Waals surface area contributed by atoms with E-state index in [0.717, 1.165) is 33.3 Å². The second-order valence-corrected chi connectivity index (χ2v) is 10.3. The molecule has 1 N–H and O–H groups in total. The Morgan fingerprint density at radius 3 is 2.42 bits per heavy atom. The van der Waals surface area contributed by atoms with Gasteiger partial charge in [0.05, 0.1) is 0 Å². The van der Waals surface area contributed by atoms with Crippen LogP contribution < -0.4 is 5.32 Å². The van der Waals surface area contributed by atoms with Crippen LogP contribution in [0.5, 0.6) is 0 Å². The molecule has 2 nitrogen and oxygen atoms in total. The quantitative estimate of drug-likeness (QED) is 0.302. The Hall–Kier alpha value is -3.30. The summed E-state index contributed by atoms with van der Waals surface area (Å²) in [5.74, 6) is 0. The van der Waals surface area contributed by atoms with Crippen LogP contribution in [0.25, 0.3) is 42.1 Å². The molecule has 0 fully saturated rings. The highest BCUT2D eigenvalue weighted by Gasteiger charge is 2.17. The zero-order valence-electron chi connectivity index (χ0n) is 17.8. The molecule has 4 aromatic carbocycles. The number of anilines is 2. The van der Waals surface area contributed by atoms with Crippen LogP contribution in [0.2, 0.25) is 0 Å². The number of benzene rings is 4. The minimum Gasteiger partial charge on any atom is -0.456 e. The van der Waals surface area contributed by atoms with Gasteiger partial charge < -0.3 is 9.73 Å². The molecular formula is C28H23NOS. The predicted octanol–water partition coefficient (Wildman–Crippen LogP) is 8.99. The maximum absolute atomic E-state index is 5.99. The average Bonchev–Trinajstić information content (AvgIpc) is 3.31. The van der Waals surface area contributed by atoms with E-state index < -0.39 is 0 Å². The van der Waals surface area contributed by atoms with Crippen molar-refractivity contribution < 1.29 is 4.42 Å². The SMILES string of the molecule is CC(C)(C)c1ccc2sc3cccc(Nc4ccc5oc6ccccc6c5c4)c3c2c1. The fraction of sp³-hybridized carbons (Fsp3) is 0.143. The Bertz CT molecular complexity index is 1600. The lowest BCUT2D eigenvalue weighted by atomic mass is 9.86. The molecule has 0 aliphatic rings. The molecule has 0 atom stereocenters. The van der Waals surface area contributed by atoms with Crippen molar-refractivity contribution >= 4 is 64.8 Å². The molecule has 0 aliphatic heterocycles. The maximum atomic E-state index is 5.99. The molecule has 0 bridgehead atoms. The second-order valence-electron chi connectivity index (χ2n) is 9.18. The van der Waals surface area contributed by atoms with E-state index in [1.165, 1.54) is 25.7 Å². The molecule has 0 aliphatic carbocycles. The largest absolute Gasteiger partial charge is 0.456 e. The molecule has 2 heterocycles. The smallest absolute Gasteiger partial charge is 0.135 e. The van der Waals surface area contributed by atoms with Gasteiger partial charge in [-0.3, -0.25) is 0 Å². The van der Waals surface area contributed by atoms with Crippen LogP contribution in [0.3, 0.4) is 0 Å². The van der Waals surface area contributed by atoms with Crippen LogP contribution in [-0.4, -0.2) is 0 Å². The van der Waals surface area contributed by atoms with Gasteiger partial charge in [0.1, 0.15) is 11.2 Å². The van der Waals surface area contributed by atoms with Crippen LogP contribution in [0.4, 0.5) is 11.4 Å². The Morgan fingerprint density at radius 1 is 0.710 bits per heavy atom. The number of rotatable bonds is 2. The number of nitrogens with one attached hydrogen (secondary N) is 1. The Morgan fingerprint density at radius 2 is 1.55 bits per heavy atom. The normalized spacial score (nSPS) is 12.4. The van der Waals surface area contributed by atoms with E-state index in [2.05, 4.69) is 92.8 Å². The second kappa shape index (κ2) is 6.60. The predicted molar refractivity (Wildman–Crippen MR) is 135 cm³/mol. The molecule has 0 unspecified atom stereocenters. The molecule has 0 spiro atoms. The molecule has 3 heteroatoms. The molecule has 0 radical (unpaired) electrons. The molecule has 0 saturated heterocycles. The van der Waals surface area contributed by atoms with Gasteiger partial charge in [-0.15, -0.1) is 11.3 Å². The highest BCUT2D eigenvalue weighted by Crippen LogP contribution is 2.41. The summed E-state index contributed by atoms with van der Waals surface area (Å²) in [5, 5.41) is 8.60. The first-order valence-electron chi connectivity index (χ1n) is 10.6. The summed E-state index contributed by atoms with van der Waals surface area (Å²) < 4.78 is 8.63. The minimum absolute atomic E-state index is 0.123. The third-order valence-corrected chi connectivity index (χ3v) is 7.15. The molecule has 152 valence electrons. The first-order chi connectivity index (χ1) is 15.0. The Labute approximate surface area is 185 Å². The number of thiophene rings is 1. The van der Waals surface area contributed by atoms with Crippen molar-refractivity contribution in [3.63, 3.8) is 0 Å². The first-order valence-corrected chi connectivity index (χ1v) is 11.4. The van der Waals surface area contributed by atoms with E-state index in [1.54, 1.807) is 0 Å². The van der Waals surface area contributed by atoms with Crippen LogP contribution >= 0.6 is 11.3 Å². The van der Waals surface area contributed by atoms with Crippen LogP contribution in [0.15, 0.2) is 83.3 Å². The van der Waals surface area contributed by atoms with Gasteiger partial charge in [0.25, 0.3) is 0 Å². The monoisotopic (exact) mass is 421 g/mol. The number of fused-ring (bicyclic) bond motifs is 6. The molecule has 6 aromatic rings. The fourth-order valence-corrected chi connectivity index (χ4v) is 5.47. The topological polar surface area (TPSA) is 25.2 Å². The van der Waals surface area contributed by atoms with Gasteiger partial charge in [-0.05, 0) is 59.5 Å². The van der Waals surface area contributed by atoms with Crippen molar-refractivity contribution in [1.29, 1.82) is 0 Å². The highest BCUT2D eigenvalue weighted by atomic mass is 32.1. The van der Waals surface area contributed by atoms with Gasteiger partial charge in [0, 0.05) is 42.3 Å².